The number of rotatable bonds is 5. The number of nitrogens with zero attached hydrogens (tertiary/aromatic N) is 2. The molecule has 3 heterocycles. The summed E-state index contributed by atoms with van der Waals surface area (Å²) in [5.41, 5.74) is 1.52. The van der Waals surface area contributed by atoms with Crippen molar-refractivity contribution >= 4 is 21.4 Å². The highest BCUT2D eigenvalue weighted by Crippen LogP contribution is 2.26. The molecular formula is C19H20N2O4S2. The van der Waals surface area contributed by atoms with Crippen LogP contribution in [-0.4, -0.2) is 36.9 Å². The van der Waals surface area contributed by atoms with Crippen LogP contribution in [0.3, 0.4) is 0 Å². The molecule has 0 unspecified atom stereocenters. The third-order valence-electron chi connectivity index (χ3n) is 4.61. The summed E-state index contributed by atoms with van der Waals surface area (Å²) in [5.74, 6) is 1.44. The van der Waals surface area contributed by atoms with Gasteiger partial charge in [0.1, 0.15) is 23.8 Å². The predicted octanol–water partition coefficient (Wildman–Crippen LogP) is 3.94. The first-order chi connectivity index (χ1) is 13.0. The Kier molecular flexibility index (Phi) is 5.03. The summed E-state index contributed by atoms with van der Waals surface area (Å²) in [6.45, 7) is 2.69. The Bertz CT molecular complexity index is 987. The largest absolute Gasteiger partial charge is 0.489 e. The van der Waals surface area contributed by atoms with Crippen molar-refractivity contribution in [2.75, 3.05) is 13.1 Å². The Hall–Kier alpha value is -2.16. The summed E-state index contributed by atoms with van der Waals surface area (Å²) in [6.07, 6.45) is 3.00. The molecule has 8 heteroatoms. The molecule has 0 N–H and O–H groups in total. The van der Waals surface area contributed by atoms with E-state index in [0.717, 1.165) is 11.3 Å². The van der Waals surface area contributed by atoms with E-state index in [1.807, 2.05) is 16.8 Å². The molecule has 0 aliphatic carbocycles. The van der Waals surface area contributed by atoms with Gasteiger partial charge in [0, 0.05) is 31.0 Å². The molecule has 0 atom stereocenters. The summed E-state index contributed by atoms with van der Waals surface area (Å²) < 4.78 is 38.5. The van der Waals surface area contributed by atoms with Crippen LogP contribution in [0.5, 0.6) is 5.75 Å². The van der Waals surface area contributed by atoms with Gasteiger partial charge in [-0.2, -0.15) is 4.31 Å². The van der Waals surface area contributed by atoms with Gasteiger partial charge in [0.2, 0.25) is 10.0 Å². The summed E-state index contributed by atoms with van der Waals surface area (Å²) in [7, 11) is -3.51. The molecule has 2 aromatic heterocycles. The van der Waals surface area contributed by atoms with Crippen molar-refractivity contribution in [1.82, 2.24) is 9.29 Å². The number of hydrogen-bond donors (Lipinski definition) is 0. The highest BCUT2D eigenvalue weighted by Gasteiger charge is 2.30. The average Bonchev–Trinajstić information content (AvgIpc) is 3.34. The first-order valence-electron chi connectivity index (χ1n) is 8.74. The maximum absolute atomic E-state index is 12.9. The van der Waals surface area contributed by atoms with E-state index in [1.165, 1.54) is 4.31 Å². The minimum absolute atomic E-state index is 0.0591. The van der Waals surface area contributed by atoms with Gasteiger partial charge in [-0.15, -0.1) is 11.3 Å². The van der Waals surface area contributed by atoms with Gasteiger partial charge < -0.3 is 9.15 Å². The molecule has 0 radical (unpaired) electrons. The smallest absolute Gasteiger partial charge is 0.243 e. The minimum Gasteiger partial charge on any atom is -0.489 e. The van der Waals surface area contributed by atoms with E-state index >= 15 is 0 Å². The third-order valence-corrected chi connectivity index (χ3v) is 7.18. The summed E-state index contributed by atoms with van der Waals surface area (Å²) in [4.78, 5) is 4.56. The van der Waals surface area contributed by atoms with Gasteiger partial charge in [0.15, 0.2) is 5.89 Å². The summed E-state index contributed by atoms with van der Waals surface area (Å²) in [5, 5.41) is 3.93. The maximum atomic E-state index is 12.9. The lowest BCUT2D eigenvalue weighted by Gasteiger charge is -2.31. The van der Waals surface area contributed by atoms with E-state index in [-0.39, 0.29) is 6.10 Å². The number of oxazole rings is 1. The Morgan fingerprint density at radius 2 is 1.93 bits per heavy atom. The van der Waals surface area contributed by atoms with Crippen molar-refractivity contribution in [3.05, 3.63) is 53.2 Å². The summed E-state index contributed by atoms with van der Waals surface area (Å²) in [6, 6.07) is 8.71. The Morgan fingerprint density at radius 3 is 2.52 bits per heavy atom. The van der Waals surface area contributed by atoms with E-state index in [9.17, 15) is 8.42 Å². The number of aromatic nitrogens is 1. The van der Waals surface area contributed by atoms with Crippen molar-refractivity contribution in [1.29, 1.82) is 0 Å². The number of benzene rings is 1. The van der Waals surface area contributed by atoms with E-state index < -0.39 is 10.0 Å². The Balaban J connectivity index is 1.42. The molecule has 1 aliphatic rings. The Labute approximate surface area is 162 Å². The number of aryl methyl sites for hydroxylation is 1. The van der Waals surface area contributed by atoms with Gasteiger partial charge in [-0.3, -0.25) is 0 Å². The second-order valence-electron chi connectivity index (χ2n) is 6.46. The minimum atomic E-state index is -3.51. The molecule has 1 aromatic carbocycles. The molecule has 0 bridgehead atoms. The van der Waals surface area contributed by atoms with Crippen LogP contribution in [0.15, 0.2) is 56.7 Å². The molecule has 1 aliphatic heterocycles. The SMILES string of the molecule is Cc1nc(-c2ccc(S(=O)(=O)N3CCC(Oc4ccsc4)CC3)cc2)co1. The molecule has 0 saturated carbocycles. The molecule has 142 valence electrons. The van der Waals surface area contributed by atoms with Crippen LogP contribution in [0.4, 0.5) is 0 Å². The number of piperidine rings is 1. The van der Waals surface area contributed by atoms with Crippen LogP contribution in [0.1, 0.15) is 18.7 Å². The highest BCUT2D eigenvalue weighted by atomic mass is 32.2. The van der Waals surface area contributed by atoms with Crippen molar-refractivity contribution in [2.45, 2.75) is 30.8 Å². The maximum Gasteiger partial charge on any atom is 0.243 e. The van der Waals surface area contributed by atoms with E-state index in [4.69, 9.17) is 9.15 Å². The molecule has 1 fully saturated rings. The second kappa shape index (κ2) is 7.46. The molecule has 0 spiro atoms. The fraction of sp³-hybridized carbons (Fsp3) is 0.316. The number of hydrogen-bond acceptors (Lipinski definition) is 6. The van der Waals surface area contributed by atoms with Gasteiger partial charge in [-0.1, -0.05) is 12.1 Å². The van der Waals surface area contributed by atoms with E-state index in [0.29, 0.717) is 42.4 Å². The Morgan fingerprint density at radius 1 is 1.19 bits per heavy atom. The van der Waals surface area contributed by atoms with Crippen molar-refractivity contribution in [2.24, 2.45) is 0 Å². The predicted molar refractivity (Wildman–Crippen MR) is 103 cm³/mol. The van der Waals surface area contributed by atoms with Crippen LogP contribution < -0.4 is 4.74 Å². The molecule has 4 rings (SSSR count). The van der Waals surface area contributed by atoms with Gasteiger partial charge >= 0.3 is 0 Å². The standard InChI is InChI=1S/C19H20N2O4S2/c1-14-20-19(12-24-14)15-2-4-18(5-3-15)27(22,23)21-9-6-16(7-10-21)25-17-8-11-26-13-17/h2-5,8,11-13,16H,6-7,9-10H2,1H3. The average molecular weight is 405 g/mol. The van der Waals surface area contributed by atoms with E-state index in [1.54, 1.807) is 48.8 Å². The zero-order chi connectivity index (χ0) is 18.9. The molecule has 1 saturated heterocycles. The number of thiophene rings is 1. The molecular weight excluding hydrogens is 384 g/mol. The molecule has 6 nitrogen and oxygen atoms in total. The van der Waals surface area contributed by atoms with Crippen LogP contribution in [0, 0.1) is 6.92 Å². The topological polar surface area (TPSA) is 72.6 Å². The molecule has 3 aromatic rings. The first-order valence-corrected chi connectivity index (χ1v) is 11.1. The van der Waals surface area contributed by atoms with Crippen LogP contribution >= 0.6 is 11.3 Å². The normalized spacial score (nSPS) is 16.5. The highest BCUT2D eigenvalue weighted by molar-refractivity contribution is 7.89. The lowest BCUT2D eigenvalue weighted by molar-refractivity contribution is 0.135. The monoisotopic (exact) mass is 404 g/mol. The van der Waals surface area contributed by atoms with Crippen LogP contribution in [0.25, 0.3) is 11.3 Å². The van der Waals surface area contributed by atoms with Crippen LogP contribution in [0.2, 0.25) is 0 Å². The van der Waals surface area contributed by atoms with Gasteiger partial charge in [-0.25, -0.2) is 13.4 Å². The van der Waals surface area contributed by atoms with Crippen molar-refractivity contribution < 1.29 is 17.6 Å². The van der Waals surface area contributed by atoms with Crippen LogP contribution in [-0.2, 0) is 10.0 Å². The lowest BCUT2D eigenvalue weighted by Crippen LogP contribution is -2.41. The first kappa shape index (κ1) is 18.2. The lowest BCUT2D eigenvalue weighted by atomic mass is 10.1. The second-order valence-corrected chi connectivity index (χ2v) is 9.17. The quantitative estimate of drug-likeness (QED) is 0.644. The van der Waals surface area contributed by atoms with Crippen molar-refractivity contribution in [3.8, 4) is 17.0 Å². The fourth-order valence-corrected chi connectivity index (χ4v) is 5.17. The third kappa shape index (κ3) is 3.92. The van der Waals surface area contributed by atoms with Gasteiger partial charge in [0.05, 0.1) is 4.90 Å². The number of sulfonamides is 1. The molecule has 27 heavy (non-hydrogen) atoms. The fourth-order valence-electron chi connectivity index (χ4n) is 3.14. The summed E-state index contributed by atoms with van der Waals surface area (Å²) >= 11 is 1.59. The zero-order valence-electron chi connectivity index (χ0n) is 14.9. The molecule has 0 amide bonds. The van der Waals surface area contributed by atoms with E-state index in [2.05, 4.69) is 4.98 Å². The zero-order valence-corrected chi connectivity index (χ0v) is 16.5. The van der Waals surface area contributed by atoms with Gasteiger partial charge in [-0.05, 0) is 36.4 Å². The van der Waals surface area contributed by atoms with Crippen molar-refractivity contribution in [3.63, 3.8) is 0 Å². The number of ether oxygens (including phenoxy) is 1. The van der Waals surface area contributed by atoms with Gasteiger partial charge in [0.25, 0.3) is 0 Å².